The van der Waals surface area contributed by atoms with Crippen LogP contribution in [0.25, 0.3) is 0 Å². The maximum absolute atomic E-state index is 13.1. The lowest BCUT2D eigenvalue weighted by atomic mass is 9.76. The van der Waals surface area contributed by atoms with Crippen LogP contribution in [0.3, 0.4) is 0 Å². The molecular weight excluding hydrogens is 498 g/mol. The number of primary amides is 1. The SMILES string of the molecule is COc1ccc(C[C@H](NC(=O)[C@@]2(O)C[C@@H](O)[C@H](O)[C@@H](NC(=O)CC3(CC(=O)O)CCCC3)C2)C(N)=O)cc1. The number of aliphatic carboxylic acids is 1. The second-order valence-corrected chi connectivity index (χ2v) is 10.6. The van der Waals surface area contributed by atoms with Gasteiger partial charge >= 0.3 is 5.97 Å². The van der Waals surface area contributed by atoms with E-state index in [-0.39, 0.29) is 19.3 Å². The van der Waals surface area contributed by atoms with Crippen LogP contribution in [0, 0.1) is 5.41 Å². The van der Waals surface area contributed by atoms with E-state index in [0.717, 1.165) is 12.8 Å². The zero-order valence-electron chi connectivity index (χ0n) is 21.4. The van der Waals surface area contributed by atoms with Crippen molar-refractivity contribution in [3.05, 3.63) is 29.8 Å². The molecular formula is C26H37N3O9. The molecule has 2 fully saturated rings. The molecule has 1 aromatic carbocycles. The van der Waals surface area contributed by atoms with Gasteiger partial charge in [0.05, 0.1) is 25.7 Å². The first-order valence-corrected chi connectivity index (χ1v) is 12.7. The molecule has 12 nitrogen and oxygen atoms in total. The minimum atomic E-state index is -2.21. The van der Waals surface area contributed by atoms with Crippen molar-refractivity contribution in [1.29, 1.82) is 0 Å². The van der Waals surface area contributed by atoms with Crippen LogP contribution < -0.4 is 21.1 Å². The van der Waals surface area contributed by atoms with Crippen LogP contribution in [0.4, 0.5) is 0 Å². The Morgan fingerprint density at radius 3 is 2.26 bits per heavy atom. The van der Waals surface area contributed by atoms with Gasteiger partial charge in [0.15, 0.2) is 0 Å². The summed E-state index contributed by atoms with van der Waals surface area (Å²) in [4.78, 5) is 49.4. The zero-order valence-corrected chi connectivity index (χ0v) is 21.4. The molecule has 3 amide bonds. The van der Waals surface area contributed by atoms with Crippen molar-refractivity contribution in [2.75, 3.05) is 7.11 Å². The molecule has 0 aliphatic heterocycles. The maximum atomic E-state index is 13.1. The van der Waals surface area contributed by atoms with Crippen molar-refractivity contribution >= 4 is 23.7 Å². The highest BCUT2D eigenvalue weighted by molar-refractivity contribution is 5.91. The topological polar surface area (TPSA) is 209 Å². The number of carbonyl (C=O) groups excluding carboxylic acids is 3. The van der Waals surface area contributed by atoms with E-state index in [9.17, 15) is 39.6 Å². The fourth-order valence-corrected chi connectivity index (χ4v) is 5.60. The molecule has 0 spiro atoms. The van der Waals surface area contributed by atoms with Crippen LogP contribution in [0.5, 0.6) is 5.75 Å². The second-order valence-electron chi connectivity index (χ2n) is 10.6. The maximum Gasteiger partial charge on any atom is 0.303 e. The number of hydrogen-bond donors (Lipinski definition) is 7. The first-order chi connectivity index (χ1) is 17.9. The van der Waals surface area contributed by atoms with E-state index in [1.807, 2.05) is 0 Å². The van der Waals surface area contributed by atoms with Crippen molar-refractivity contribution in [3.8, 4) is 5.75 Å². The van der Waals surface area contributed by atoms with Gasteiger partial charge in [-0.3, -0.25) is 19.2 Å². The van der Waals surface area contributed by atoms with E-state index < -0.39 is 71.8 Å². The van der Waals surface area contributed by atoms with Gasteiger partial charge in [0.25, 0.3) is 5.91 Å². The fraction of sp³-hybridized carbons (Fsp3) is 0.615. The Morgan fingerprint density at radius 2 is 1.71 bits per heavy atom. The molecule has 2 aliphatic carbocycles. The predicted octanol–water partition coefficient (Wildman–Crippen LogP) is -0.635. The number of carboxylic acids is 1. The summed E-state index contributed by atoms with van der Waals surface area (Å²) in [5.41, 5.74) is 3.25. The number of rotatable bonds is 11. The highest BCUT2D eigenvalue weighted by atomic mass is 16.5. The minimum absolute atomic E-state index is 0.0398. The summed E-state index contributed by atoms with van der Waals surface area (Å²) in [5, 5.41) is 46.3. The van der Waals surface area contributed by atoms with Gasteiger partial charge in [-0.05, 0) is 36.0 Å². The highest BCUT2D eigenvalue weighted by Gasteiger charge is 2.50. The molecule has 8 N–H and O–H groups in total. The number of ether oxygens (including phenoxy) is 1. The van der Waals surface area contributed by atoms with Crippen LogP contribution in [0.15, 0.2) is 24.3 Å². The molecule has 3 rings (SSSR count). The number of amides is 3. The summed E-state index contributed by atoms with van der Waals surface area (Å²) in [7, 11) is 1.51. The second kappa shape index (κ2) is 12.1. The summed E-state index contributed by atoms with van der Waals surface area (Å²) in [6.45, 7) is 0. The lowest BCUT2D eigenvalue weighted by Gasteiger charge is -2.42. The number of benzene rings is 1. The predicted molar refractivity (Wildman–Crippen MR) is 134 cm³/mol. The number of carbonyl (C=O) groups is 4. The zero-order chi connectivity index (χ0) is 28.1. The quantitative estimate of drug-likeness (QED) is 0.192. The summed E-state index contributed by atoms with van der Waals surface area (Å²) in [6.07, 6.45) is -1.39. The number of methoxy groups -OCH3 is 1. The smallest absolute Gasteiger partial charge is 0.303 e. The summed E-state index contributed by atoms with van der Waals surface area (Å²) in [6, 6.07) is 4.41. The fourth-order valence-electron chi connectivity index (χ4n) is 5.60. The molecule has 0 bridgehead atoms. The molecule has 2 aliphatic rings. The van der Waals surface area contributed by atoms with Gasteiger partial charge in [-0.2, -0.15) is 0 Å². The molecule has 0 unspecified atom stereocenters. The van der Waals surface area contributed by atoms with Gasteiger partial charge in [0, 0.05) is 25.7 Å². The number of aliphatic hydroxyl groups is 3. The molecule has 0 aromatic heterocycles. The molecule has 1 aromatic rings. The highest BCUT2D eigenvalue weighted by Crippen LogP contribution is 2.44. The van der Waals surface area contributed by atoms with E-state index in [2.05, 4.69) is 10.6 Å². The van der Waals surface area contributed by atoms with Gasteiger partial charge in [-0.1, -0.05) is 25.0 Å². The molecule has 38 heavy (non-hydrogen) atoms. The number of carboxylic acid groups (broad SMARTS) is 1. The Morgan fingerprint density at radius 1 is 1.08 bits per heavy atom. The molecule has 5 atom stereocenters. The largest absolute Gasteiger partial charge is 0.497 e. The third kappa shape index (κ3) is 7.21. The van der Waals surface area contributed by atoms with Gasteiger partial charge in [-0.25, -0.2) is 0 Å². The first-order valence-electron chi connectivity index (χ1n) is 12.7. The summed E-state index contributed by atoms with van der Waals surface area (Å²) >= 11 is 0. The van der Waals surface area contributed by atoms with Gasteiger partial charge in [-0.15, -0.1) is 0 Å². The van der Waals surface area contributed by atoms with E-state index >= 15 is 0 Å². The molecule has 210 valence electrons. The Kier molecular flexibility index (Phi) is 9.34. The third-order valence-electron chi connectivity index (χ3n) is 7.65. The van der Waals surface area contributed by atoms with Crippen molar-refractivity contribution in [2.45, 2.75) is 87.7 Å². The monoisotopic (exact) mass is 535 g/mol. The van der Waals surface area contributed by atoms with Crippen LogP contribution in [0.1, 0.15) is 56.9 Å². The van der Waals surface area contributed by atoms with Crippen molar-refractivity contribution in [1.82, 2.24) is 10.6 Å². The van der Waals surface area contributed by atoms with E-state index in [1.54, 1.807) is 24.3 Å². The lowest BCUT2D eigenvalue weighted by molar-refractivity contribution is -0.161. The molecule has 0 heterocycles. The van der Waals surface area contributed by atoms with Crippen LogP contribution in [-0.4, -0.2) is 81.1 Å². The van der Waals surface area contributed by atoms with E-state index in [0.29, 0.717) is 24.2 Å². The Hall–Kier alpha value is -3.22. The standard InChI is InChI=1S/C26H37N3O9/c1-38-16-6-4-15(5-7-16)10-17(23(27)35)29-24(36)26(37)11-18(22(34)19(30)12-26)28-20(31)13-25(14-21(32)33)8-2-3-9-25/h4-7,17-19,22,30,34,37H,2-3,8-14H2,1H3,(H2,27,35)(H,28,31)(H,29,36)(H,32,33)/t17-,18-,19+,22+,26-/m0/s1. The summed E-state index contributed by atoms with van der Waals surface area (Å²) < 4.78 is 5.10. The average molecular weight is 536 g/mol. The number of hydrogen-bond acceptors (Lipinski definition) is 8. The van der Waals surface area contributed by atoms with Gasteiger partial charge < -0.3 is 41.5 Å². The van der Waals surface area contributed by atoms with Gasteiger partial charge in [0.1, 0.15) is 23.5 Å². The van der Waals surface area contributed by atoms with Crippen LogP contribution in [0.2, 0.25) is 0 Å². The first kappa shape index (κ1) is 29.3. The average Bonchev–Trinajstić information content (AvgIpc) is 3.28. The number of nitrogens with two attached hydrogens (primary N) is 1. The normalized spacial score (nSPS) is 27.2. The van der Waals surface area contributed by atoms with E-state index in [1.165, 1.54) is 7.11 Å². The Bertz CT molecular complexity index is 1030. The number of nitrogens with one attached hydrogen (secondary N) is 2. The lowest BCUT2D eigenvalue weighted by Crippen LogP contribution is -2.64. The van der Waals surface area contributed by atoms with Crippen LogP contribution >= 0.6 is 0 Å². The van der Waals surface area contributed by atoms with E-state index in [4.69, 9.17) is 10.5 Å². The number of aliphatic hydroxyl groups excluding tert-OH is 2. The van der Waals surface area contributed by atoms with Crippen LogP contribution in [-0.2, 0) is 25.6 Å². The van der Waals surface area contributed by atoms with Gasteiger partial charge in [0.2, 0.25) is 11.8 Å². The Labute approximate surface area is 220 Å². The molecule has 0 radical (unpaired) electrons. The summed E-state index contributed by atoms with van der Waals surface area (Å²) in [5.74, 6) is -2.74. The van der Waals surface area contributed by atoms with Crippen molar-refractivity contribution in [3.63, 3.8) is 0 Å². The Balaban J connectivity index is 1.68. The third-order valence-corrected chi connectivity index (χ3v) is 7.65. The molecule has 0 saturated heterocycles. The molecule has 2 saturated carbocycles. The van der Waals surface area contributed by atoms with Crippen molar-refractivity contribution in [2.24, 2.45) is 11.1 Å². The van der Waals surface area contributed by atoms with Crippen molar-refractivity contribution < 1.29 is 44.3 Å². The minimum Gasteiger partial charge on any atom is -0.497 e. The molecule has 12 heteroatoms.